The Bertz CT molecular complexity index is 965. The number of carbonyl (C=O) groups is 2. The molecule has 0 atom stereocenters. The molecule has 0 aliphatic carbocycles. The van der Waals surface area contributed by atoms with Gasteiger partial charge in [-0.3, -0.25) is 4.79 Å². The van der Waals surface area contributed by atoms with E-state index in [-0.39, 0.29) is 35.9 Å². The highest BCUT2D eigenvalue weighted by Gasteiger charge is 2.23. The third-order valence-corrected chi connectivity index (χ3v) is 4.17. The molecule has 0 radical (unpaired) electrons. The van der Waals surface area contributed by atoms with Gasteiger partial charge in [0, 0.05) is 0 Å². The molecule has 0 saturated carbocycles. The third kappa shape index (κ3) is 4.57. The van der Waals surface area contributed by atoms with Crippen LogP contribution in [0.2, 0.25) is 0 Å². The number of carboxylic acid groups (broad SMARTS) is 1. The van der Waals surface area contributed by atoms with Gasteiger partial charge in [-0.05, 0) is 30.2 Å². The van der Waals surface area contributed by atoms with Crippen LogP contribution in [0.1, 0.15) is 38.8 Å². The summed E-state index contributed by atoms with van der Waals surface area (Å²) >= 11 is 0. The highest BCUT2D eigenvalue weighted by atomic mass is 16.5. The van der Waals surface area contributed by atoms with Crippen LogP contribution in [0.5, 0.6) is 11.5 Å². The quantitative estimate of drug-likeness (QED) is 0.575. The Balaban J connectivity index is 1.94. The summed E-state index contributed by atoms with van der Waals surface area (Å²) in [5.41, 5.74) is 1.86. The number of hydrogen-bond donors (Lipinski definition) is 1. The van der Waals surface area contributed by atoms with Crippen molar-refractivity contribution in [1.29, 1.82) is 0 Å². The average Bonchev–Trinajstić information content (AvgIpc) is 2.71. The standard InChI is InChI=1S/C23H20O5/c1-16(24)21-20(27-14-17-8-4-2-5-9-17)13-12-19(23(25)26)22(21)28-15-18-10-6-3-7-11-18/h2-13H,14-15H2,1H3,(H,25,26). The fourth-order valence-corrected chi connectivity index (χ4v) is 2.80. The molecule has 28 heavy (non-hydrogen) atoms. The summed E-state index contributed by atoms with van der Waals surface area (Å²) in [6.07, 6.45) is 0. The molecule has 1 N–H and O–H groups in total. The Morgan fingerprint density at radius 1 is 0.786 bits per heavy atom. The summed E-state index contributed by atoms with van der Waals surface area (Å²) in [5, 5.41) is 9.54. The molecule has 0 unspecified atom stereocenters. The Morgan fingerprint density at radius 2 is 1.32 bits per heavy atom. The Labute approximate surface area is 163 Å². The second-order valence-corrected chi connectivity index (χ2v) is 6.23. The summed E-state index contributed by atoms with van der Waals surface area (Å²) in [4.78, 5) is 24.0. The molecule has 142 valence electrons. The zero-order valence-electron chi connectivity index (χ0n) is 15.4. The summed E-state index contributed by atoms with van der Waals surface area (Å²) in [6, 6.07) is 21.7. The zero-order chi connectivity index (χ0) is 19.9. The number of Topliss-reactive ketones (excluding diaryl/α,β-unsaturated/α-hetero) is 1. The number of aromatic carboxylic acids is 1. The molecule has 0 saturated heterocycles. The number of ketones is 1. The molecule has 5 heteroatoms. The van der Waals surface area contributed by atoms with Crippen molar-refractivity contribution in [2.75, 3.05) is 0 Å². The Kier molecular flexibility index (Phi) is 6.07. The van der Waals surface area contributed by atoms with Gasteiger partial charge in [0.2, 0.25) is 0 Å². The van der Waals surface area contributed by atoms with E-state index < -0.39 is 5.97 Å². The predicted octanol–water partition coefficient (Wildman–Crippen LogP) is 4.75. The van der Waals surface area contributed by atoms with Gasteiger partial charge in [-0.25, -0.2) is 4.79 Å². The predicted molar refractivity (Wildman–Crippen MR) is 105 cm³/mol. The maximum Gasteiger partial charge on any atom is 0.339 e. The van der Waals surface area contributed by atoms with Gasteiger partial charge in [-0.1, -0.05) is 60.7 Å². The average molecular weight is 376 g/mol. The molecule has 0 amide bonds. The molecule has 3 aromatic rings. The van der Waals surface area contributed by atoms with Crippen LogP contribution in [0, 0.1) is 0 Å². The number of ether oxygens (including phenoxy) is 2. The summed E-state index contributed by atoms with van der Waals surface area (Å²) in [5.74, 6) is -1.17. The number of benzene rings is 3. The SMILES string of the molecule is CC(=O)c1c(OCc2ccccc2)ccc(C(=O)O)c1OCc1ccccc1. The van der Waals surface area contributed by atoms with Crippen LogP contribution in [0.25, 0.3) is 0 Å². The van der Waals surface area contributed by atoms with Crippen molar-refractivity contribution in [2.24, 2.45) is 0 Å². The van der Waals surface area contributed by atoms with Crippen molar-refractivity contribution < 1.29 is 24.2 Å². The smallest absolute Gasteiger partial charge is 0.339 e. The molecule has 0 fully saturated rings. The van der Waals surface area contributed by atoms with Gasteiger partial charge < -0.3 is 14.6 Å². The molecule has 0 heterocycles. The topological polar surface area (TPSA) is 72.8 Å². The lowest BCUT2D eigenvalue weighted by atomic mass is 10.0. The van der Waals surface area contributed by atoms with E-state index in [1.807, 2.05) is 60.7 Å². The van der Waals surface area contributed by atoms with E-state index in [1.165, 1.54) is 19.1 Å². The molecule has 0 bridgehead atoms. The largest absolute Gasteiger partial charge is 0.488 e. The normalized spacial score (nSPS) is 10.3. The van der Waals surface area contributed by atoms with E-state index in [9.17, 15) is 14.7 Å². The highest BCUT2D eigenvalue weighted by molar-refractivity contribution is 6.04. The van der Waals surface area contributed by atoms with Crippen LogP contribution in [0.4, 0.5) is 0 Å². The fourth-order valence-electron chi connectivity index (χ4n) is 2.80. The fraction of sp³-hybridized carbons (Fsp3) is 0.130. The lowest BCUT2D eigenvalue weighted by Crippen LogP contribution is -2.11. The minimum atomic E-state index is -1.17. The van der Waals surface area contributed by atoms with Gasteiger partial charge in [0.15, 0.2) is 5.78 Å². The minimum absolute atomic E-state index is 0.0226. The first-order valence-corrected chi connectivity index (χ1v) is 8.81. The summed E-state index contributed by atoms with van der Waals surface area (Å²) in [6.45, 7) is 1.76. The molecule has 3 rings (SSSR count). The van der Waals surface area contributed by atoms with E-state index in [1.54, 1.807) is 0 Å². The maximum absolute atomic E-state index is 12.3. The molecule has 0 aliphatic heterocycles. The Morgan fingerprint density at radius 3 is 1.82 bits per heavy atom. The highest BCUT2D eigenvalue weighted by Crippen LogP contribution is 2.34. The van der Waals surface area contributed by atoms with E-state index in [0.29, 0.717) is 5.75 Å². The number of carboxylic acids is 1. The van der Waals surface area contributed by atoms with Gasteiger partial charge in [0.1, 0.15) is 35.8 Å². The number of hydrogen-bond acceptors (Lipinski definition) is 4. The van der Waals surface area contributed by atoms with Gasteiger partial charge in [0.25, 0.3) is 0 Å². The number of rotatable bonds is 8. The zero-order valence-corrected chi connectivity index (χ0v) is 15.4. The van der Waals surface area contributed by atoms with Crippen LogP contribution >= 0.6 is 0 Å². The number of carbonyl (C=O) groups excluding carboxylic acids is 1. The van der Waals surface area contributed by atoms with Crippen molar-refractivity contribution in [2.45, 2.75) is 20.1 Å². The van der Waals surface area contributed by atoms with Gasteiger partial charge in [0.05, 0.1) is 0 Å². The molecule has 3 aromatic carbocycles. The first kappa shape index (κ1) is 19.2. The Hall–Kier alpha value is -3.60. The molecular formula is C23H20O5. The minimum Gasteiger partial charge on any atom is -0.488 e. The molecule has 0 aromatic heterocycles. The lowest BCUT2D eigenvalue weighted by Gasteiger charge is -2.17. The van der Waals surface area contributed by atoms with Crippen LogP contribution in [0.3, 0.4) is 0 Å². The van der Waals surface area contributed by atoms with Crippen LogP contribution < -0.4 is 9.47 Å². The molecular weight excluding hydrogens is 356 g/mol. The van der Waals surface area contributed by atoms with Gasteiger partial charge >= 0.3 is 5.97 Å². The van der Waals surface area contributed by atoms with Crippen molar-refractivity contribution >= 4 is 11.8 Å². The van der Waals surface area contributed by atoms with E-state index in [2.05, 4.69) is 0 Å². The van der Waals surface area contributed by atoms with E-state index >= 15 is 0 Å². The van der Waals surface area contributed by atoms with Crippen LogP contribution in [0.15, 0.2) is 72.8 Å². The third-order valence-electron chi connectivity index (χ3n) is 4.17. The molecule has 0 spiro atoms. The van der Waals surface area contributed by atoms with E-state index in [0.717, 1.165) is 11.1 Å². The first-order chi connectivity index (χ1) is 13.6. The maximum atomic E-state index is 12.3. The summed E-state index contributed by atoms with van der Waals surface area (Å²) in [7, 11) is 0. The van der Waals surface area contributed by atoms with E-state index in [4.69, 9.17) is 9.47 Å². The van der Waals surface area contributed by atoms with Gasteiger partial charge in [-0.2, -0.15) is 0 Å². The second-order valence-electron chi connectivity index (χ2n) is 6.23. The second kappa shape index (κ2) is 8.86. The lowest BCUT2D eigenvalue weighted by molar-refractivity contribution is 0.0691. The first-order valence-electron chi connectivity index (χ1n) is 8.81. The van der Waals surface area contributed by atoms with Gasteiger partial charge in [-0.15, -0.1) is 0 Å². The van der Waals surface area contributed by atoms with Crippen LogP contribution in [-0.4, -0.2) is 16.9 Å². The van der Waals surface area contributed by atoms with Crippen molar-refractivity contribution in [3.05, 3.63) is 95.1 Å². The van der Waals surface area contributed by atoms with Crippen molar-refractivity contribution in [3.8, 4) is 11.5 Å². The molecule has 0 aliphatic rings. The van der Waals surface area contributed by atoms with Crippen molar-refractivity contribution in [1.82, 2.24) is 0 Å². The van der Waals surface area contributed by atoms with Crippen LogP contribution in [-0.2, 0) is 13.2 Å². The monoisotopic (exact) mass is 376 g/mol. The summed E-state index contributed by atoms with van der Waals surface area (Å²) < 4.78 is 11.6. The molecule has 5 nitrogen and oxygen atoms in total. The van der Waals surface area contributed by atoms with Crippen molar-refractivity contribution in [3.63, 3.8) is 0 Å².